The molecule has 7 heteroatoms. The van der Waals surface area contributed by atoms with Crippen LogP contribution in [0.2, 0.25) is 0 Å². The third-order valence-corrected chi connectivity index (χ3v) is 2.89. The summed E-state index contributed by atoms with van der Waals surface area (Å²) in [5, 5.41) is 18.0. The smallest absolute Gasteiger partial charge is 0.550 e. The van der Waals surface area contributed by atoms with Gasteiger partial charge in [-0.2, -0.15) is 12.6 Å². The molecule has 0 fully saturated rings. The van der Waals surface area contributed by atoms with Crippen LogP contribution in [-0.2, 0) is 9.59 Å². The Hall–Kier alpha value is 0.250. The maximum Gasteiger partial charge on any atom is 1.00 e. The molecule has 0 aliphatic carbocycles. The van der Waals surface area contributed by atoms with Gasteiger partial charge in [-0.1, -0.05) is 45.4 Å². The van der Waals surface area contributed by atoms with Gasteiger partial charge in [-0.3, -0.25) is 4.79 Å². The number of carbonyl (C=O) groups excluding carboxylic acids is 1. The van der Waals surface area contributed by atoms with Crippen molar-refractivity contribution >= 4 is 24.6 Å². The summed E-state index contributed by atoms with van der Waals surface area (Å²) in [6, 6.07) is -0.816. The summed E-state index contributed by atoms with van der Waals surface area (Å²) in [6.07, 6.45) is 8.34. The largest absolute Gasteiger partial charge is 1.00 e. The van der Waals surface area contributed by atoms with Crippen LogP contribution >= 0.6 is 12.6 Å². The van der Waals surface area contributed by atoms with E-state index in [9.17, 15) is 14.7 Å². The fraction of sp³-hybridized carbons (Fsp3) is 0.846. The molecule has 114 valence electrons. The van der Waals surface area contributed by atoms with Crippen molar-refractivity contribution < 1.29 is 49.4 Å². The first-order chi connectivity index (χ1) is 8.95. The Bertz CT molecular complexity index is 242. The van der Waals surface area contributed by atoms with Crippen molar-refractivity contribution in [2.45, 2.75) is 64.3 Å². The van der Waals surface area contributed by atoms with Gasteiger partial charge in [0.05, 0.1) is 0 Å². The van der Waals surface area contributed by atoms with Gasteiger partial charge in [0.2, 0.25) is 0 Å². The van der Waals surface area contributed by atoms with Crippen LogP contribution in [0, 0.1) is 0 Å². The number of nitrogens with two attached hydrogens (primary N) is 1. The van der Waals surface area contributed by atoms with Gasteiger partial charge in [0.25, 0.3) is 0 Å². The van der Waals surface area contributed by atoms with Crippen LogP contribution in [0.4, 0.5) is 0 Å². The van der Waals surface area contributed by atoms with E-state index >= 15 is 0 Å². The molecule has 0 aliphatic heterocycles. The molecule has 0 aromatic heterocycles. The van der Waals surface area contributed by atoms with Crippen LogP contribution in [0.25, 0.3) is 0 Å². The Balaban J connectivity index is -0.000000312. The minimum atomic E-state index is -1.00. The summed E-state index contributed by atoms with van der Waals surface area (Å²) in [4.78, 5) is 19.8. The fourth-order valence-corrected chi connectivity index (χ4v) is 1.46. The van der Waals surface area contributed by atoms with Crippen molar-refractivity contribution in [3.8, 4) is 0 Å². The second-order valence-corrected chi connectivity index (χ2v) is 4.74. The number of carboxylic acid groups (broad SMARTS) is 2. The Morgan fingerprint density at radius 2 is 1.60 bits per heavy atom. The Morgan fingerprint density at radius 3 is 1.90 bits per heavy atom. The summed E-state index contributed by atoms with van der Waals surface area (Å²) in [5.41, 5.74) is 4.94. The van der Waals surface area contributed by atoms with E-state index in [0.717, 1.165) is 12.8 Å². The van der Waals surface area contributed by atoms with Gasteiger partial charge in [0.15, 0.2) is 0 Å². The monoisotopic (exact) mass is 315 g/mol. The molecule has 0 radical (unpaired) electrons. The summed E-state index contributed by atoms with van der Waals surface area (Å²) in [6.45, 7) is 2.19. The Morgan fingerprint density at radius 1 is 1.15 bits per heavy atom. The molecule has 0 aromatic rings. The van der Waals surface area contributed by atoms with E-state index in [-0.39, 0.29) is 41.7 Å². The van der Waals surface area contributed by atoms with E-state index in [4.69, 9.17) is 10.8 Å². The minimum absolute atomic E-state index is 0. The number of rotatable bonds is 10. The molecule has 1 unspecified atom stereocenters. The van der Waals surface area contributed by atoms with E-state index in [2.05, 4.69) is 19.6 Å². The topological polar surface area (TPSA) is 103 Å². The van der Waals surface area contributed by atoms with E-state index in [1.54, 1.807) is 0 Å². The Kier molecular flexibility index (Phi) is 24.3. The zero-order chi connectivity index (χ0) is 15.1. The number of carboxylic acids is 2. The molecule has 0 bridgehead atoms. The normalized spacial score (nSPS) is 10.8. The molecule has 0 saturated heterocycles. The van der Waals surface area contributed by atoms with Crippen molar-refractivity contribution in [3.05, 3.63) is 0 Å². The molecule has 0 spiro atoms. The van der Waals surface area contributed by atoms with Crippen LogP contribution in [0.1, 0.15) is 58.3 Å². The molecule has 0 saturated carbocycles. The number of unbranched alkanes of at least 4 members (excludes halogenated alkanes) is 6. The van der Waals surface area contributed by atoms with Gasteiger partial charge in [-0.05, 0) is 12.8 Å². The van der Waals surface area contributed by atoms with E-state index in [1.807, 2.05) is 0 Å². The van der Waals surface area contributed by atoms with E-state index < -0.39 is 18.0 Å². The molecule has 0 rings (SSSR count). The average Bonchev–Trinajstić information content (AvgIpc) is 2.37. The molecule has 1 atom stereocenters. The molecule has 0 heterocycles. The summed E-state index contributed by atoms with van der Waals surface area (Å²) in [7, 11) is 0. The van der Waals surface area contributed by atoms with Crippen molar-refractivity contribution in [3.63, 3.8) is 0 Å². The van der Waals surface area contributed by atoms with Crippen molar-refractivity contribution in [1.29, 1.82) is 0 Å². The maximum atomic E-state index is 10.0. The van der Waals surface area contributed by atoms with Crippen LogP contribution in [0.3, 0.4) is 0 Å². The van der Waals surface area contributed by atoms with Crippen LogP contribution in [0.5, 0.6) is 0 Å². The molecule has 0 aliphatic rings. The van der Waals surface area contributed by atoms with Gasteiger partial charge in [-0.15, -0.1) is 0 Å². The fourth-order valence-electron chi connectivity index (χ4n) is 1.30. The third kappa shape index (κ3) is 23.4. The number of thiol groups is 1. The summed E-state index contributed by atoms with van der Waals surface area (Å²) in [5.74, 6) is -1.73. The van der Waals surface area contributed by atoms with Gasteiger partial charge in [0.1, 0.15) is 6.04 Å². The molecule has 0 amide bonds. The first-order valence-corrected chi connectivity index (χ1v) is 7.38. The first kappa shape index (κ1) is 25.2. The number of hydrogen-bond donors (Lipinski definition) is 3. The molecule has 20 heavy (non-hydrogen) atoms. The Labute approximate surface area is 149 Å². The quantitative estimate of drug-likeness (QED) is 0.251. The standard InChI is InChI=1S/C10H20O2.C3H7NO2S.Na/c1-2-3-4-5-6-7-8-9-10(11)12;4-2(1-7)3(5)6;/h2-9H2,1H3,(H,11,12);2,7H,1,4H2,(H,5,6);/q;;+1/p-1. The predicted octanol–water partition coefficient (Wildman–Crippen LogP) is -1.79. The van der Waals surface area contributed by atoms with E-state index in [1.165, 1.54) is 32.1 Å². The van der Waals surface area contributed by atoms with Gasteiger partial charge in [0, 0.05) is 11.7 Å². The van der Waals surface area contributed by atoms with Gasteiger partial charge < -0.3 is 20.7 Å². The first-order valence-electron chi connectivity index (χ1n) is 6.74. The number of aliphatic carboxylic acids is 2. The molecule has 5 nitrogen and oxygen atoms in total. The van der Waals surface area contributed by atoms with Crippen molar-refractivity contribution in [2.24, 2.45) is 5.73 Å². The molecule has 3 N–H and O–H groups in total. The van der Waals surface area contributed by atoms with E-state index in [0.29, 0.717) is 0 Å². The third-order valence-electron chi connectivity index (χ3n) is 2.50. The summed E-state index contributed by atoms with van der Waals surface area (Å²) >= 11 is 3.65. The minimum Gasteiger partial charge on any atom is -0.550 e. The number of hydrogen-bond acceptors (Lipinski definition) is 5. The summed E-state index contributed by atoms with van der Waals surface area (Å²) < 4.78 is 0. The second kappa shape index (κ2) is 19.2. The van der Waals surface area contributed by atoms with Crippen LogP contribution in [0.15, 0.2) is 0 Å². The predicted molar refractivity (Wildman–Crippen MR) is 77.1 cm³/mol. The SMILES string of the molecule is CCCCCCCCCC(=O)[O-].NC(CS)C(=O)O.[Na+]. The molecule has 0 aromatic carbocycles. The molecular formula is C13H26NNaO4S. The van der Waals surface area contributed by atoms with Crippen LogP contribution < -0.4 is 40.4 Å². The average molecular weight is 315 g/mol. The van der Waals surface area contributed by atoms with Crippen LogP contribution in [-0.4, -0.2) is 28.8 Å². The zero-order valence-electron chi connectivity index (χ0n) is 12.6. The van der Waals surface area contributed by atoms with Crippen molar-refractivity contribution in [1.82, 2.24) is 0 Å². The number of carbonyl (C=O) groups is 2. The maximum absolute atomic E-state index is 10.0. The molecular weight excluding hydrogens is 289 g/mol. The van der Waals surface area contributed by atoms with Gasteiger partial charge in [-0.25, -0.2) is 0 Å². The zero-order valence-corrected chi connectivity index (χ0v) is 15.5. The second-order valence-electron chi connectivity index (χ2n) is 4.37. The van der Waals surface area contributed by atoms with Gasteiger partial charge >= 0.3 is 35.5 Å². The van der Waals surface area contributed by atoms with Crippen molar-refractivity contribution in [2.75, 3.05) is 5.75 Å².